The van der Waals surface area contributed by atoms with Crippen molar-refractivity contribution in [3.8, 4) is 6.07 Å². The summed E-state index contributed by atoms with van der Waals surface area (Å²) in [6, 6.07) is 1.22. The molecule has 0 saturated carbocycles. The van der Waals surface area contributed by atoms with Crippen molar-refractivity contribution in [2.24, 2.45) is 5.73 Å². The monoisotopic (exact) mass is 258 g/mol. The van der Waals surface area contributed by atoms with Crippen LogP contribution in [0.2, 0.25) is 0 Å². The highest BCUT2D eigenvalue weighted by Gasteiger charge is 2.11. The molecular weight excluding hydrogens is 252 g/mol. The van der Waals surface area contributed by atoms with Gasteiger partial charge in [0.15, 0.2) is 5.16 Å². The van der Waals surface area contributed by atoms with Gasteiger partial charge in [-0.25, -0.2) is 9.97 Å². The molecule has 0 aliphatic rings. The molecule has 1 aromatic heterocycles. The summed E-state index contributed by atoms with van der Waals surface area (Å²) >= 11 is 4.65. The topological polar surface area (TPSA) is 75.6 Å². The highest BCUT2D eigenvalue weighted by molar-refractivity contribution is 9.10. The molecule has 0 spiro atoms. The van der Waals surface area contributed by atoms with Crippen LogP contribution in [0.15, 0.2) is 15.8 Å². The molecule has 0 aliphatic carbocycles. The van der Waals surface area contributed by atoms with Gasteiger partial charge in [-0.1, -0.05) is 11.8 Å². The van der Waals surface area contributed by atoms with Gasteiger partial charge in [0.25, 0.3) is 0 Å². The molecule has 0 bridgehead atoms. The first-order valence-electron chi connectivity index (χ1n) is 3.40. The minimum atomic E-state index is -0.705. The van der Waals surface area contributed by atoms with E-state index in [1.165, 1.54) is 11.8 Å². The minimum Gasteiger partial charge on any atom is -0.311 e. The predicted octanol–water partition coefficient (Wildman–Crippen LogP) is 1.48. The Kier molecular flexibility index (Phi) is 3.66. The van der Waals surface area contributed by atoms with E-state index in [2.05, 4.69) is 25.9 Å². The van der Waals surface area contributed by atoms with Gasteiger partial charge >= 0.3 is 0 Å². The van der Waals surface area contributed by atoms with E-state index < -0.39 is 6.04 Å². The van der Waals surface area contributed by atoms with Crippen molar-refractivity contribution in [2.75, 3.05) is 6.26 Å². The van der Waals surface area contributed by atoms with Crippen molar-refractivity contribution in [3.63, 3.8) is 0 Å². The number of nitriles is 1. The number of nitrogens with two attached hydrogens (primary N) is 1. The van der Waals surface area contributed by atoms with Crippen LogP contribution in [-0.4, -0.2) is 16.2 Å². The second-order valence-electron chi connectivity index (χ2n) is 2.20. The van der Waals surface area contributed by atoms with E-state index in [1.807, 2.05) is 12.3 Å². The molecule has 0 fully saturated rings. The Morgan fingerprint density at radius 3 is 3.00 bits per heavy atom. The van der Waals surface area contributed by atoms with Gasteiger partial charge in [0, 0.05) is 6.20 Å². The quantitative estimate of drug-likeness (QED) is 0.643. The van der Waals surface area contributed by atoms with E-state index in [0.29, 0.717) is 15.3 Å². The number of hydrogen-bond donors (Lipinski definition) is 1. The fraction of sp³-hybridized carbons (Fsp3) is 0.286. The third kappa shape index (κ3) is 2.40. The van der Waals surface area contributed by atoms with Crippen LogP contribution in [0.5, 0.6) is 0 Å². The van der Waals surface area contributed by atoms with E-state index >= 15 is 0 Å². The normalized spacial score (nSPS) is 12.2. The van der Waals surface area contributed by atoms with Crippen LogP contribution in [0.3, 0.4) is 0 Å². The lowest BCUT2D eigenvalue weighted by atomic mass is 10.2. The molecule has 1 atom stereocenters. The molecule has 2 N–H and O–H groups in total. The molecule has 1 heterocycles. The summed E-state index contributed by atoms with van der Waals surface area (Å²) in [5, 5.41) is 9.23. The molecule has 6 heteroatoms. The van der Waals surface area contributed by atoms with Crippen molar-refractivity contribution in [2.45, 2.75) is 11.2 Å². The fourth-order valence-corrected chi connectivity index (χ4v) is 1.53. The molecule has 1 aromatic rings. The minimum absolute atomic E-state index is 0.529. The van der Waals surface area contributed by atoms with Crippen molar-refractivity contribution in [1.82, 2.24) is 9.97 Å². The zero-order valence-electron chi connectivity index (χ0n) is 6.86. The van der Waals surface area contributed by atoms with Gasteiger partial charge in [-0.15, -0.1) is 0 Å². The van der Waals surface area contributed by atoms with Gasteiger partial charge in [0.1, 0.15) is 6.04 Å². The van der Waals surface area contributed by atoms with Crippen molar-refractivity contribution >= 4 is 27.7 Å². The van der Waals surface area contributed by atoms with E-state index in [-0.39, 0.29) is 0 Å². The van der Waals surface area contributed by atoms with Gasteiger partial charge in [-0.05, 0) is 22.2 Å². The number of halogens is 1. The predicted molar refractivity (Wildman–Crippen MR) is 54.1 cm³/mol. The van der Waals surface area contributed by atoms with Crippen LogP contribution in [0, 0.1) is 11.3 Å². The zero-order valence-corrected chi connectivity index (χ0v) is 9.26. The lowest BCUT2D eigenvalue weighted by molar-refractivity contribution is 0.806. The van der Waals surface area contributed by atoms with Crippen molar-refractivity contribution in [1.29, 1.82) is 5.26 Å². The zero-order chi connectivity index (χ0) is 9.84. The largest absolute Gasteiger partial charge is 0.311 e. The molecule has 0 radical (unpaired) electrons. The standard InChI is InChI=1S/C7H7BrN4S/c1-13-7-11-3-4(8)6(12-7)5(10)2-9/h3,5H,10H2,1H3. The maximum atomic E-state index is 8.61. The number of nitrogens with zero attached hydrogens (tertiary/aromatic N) is 3. The Morgan fingerprint density at radius 2 is 2.46 bits per heavy atom. The Labute approximate surface area is 88.7 Å². The molecule has 0 amide bonds. The van der Waals surface area contributed by atoms with E-state index in [1.54, 1.807) is 6.20 Å². The Balaban J connectivity index is 3.12. The summed E-state index contributed by atoms with van der Waals surface area (Å²) in [6.07, 6.45) is 3.47. The first-order valence-corrected chi connectivity index (χ1v) is 5.42. The van der Waals surface area contributed by atoms with Crippen LogP contribution < -0.4 is 5.73 Å². The van der Waals surface area contributed by atoms with Crippen molar-refractivity contribution < 1.29 is 0 Å². The Bertz CT molecular complexity index is 349. The first kappa shape index (κ1) is 10.4. The maximum absolute atomic E-state index is 8.61. The lowest BCUT2D eigenvalue weighted by Gasteiger charge is -2.05. The van der Waals surface area contributed by atoms with Gasteiger partial charge in [0.2, 0.25) is 0 Å². The third-order valence-corrected chi connectivity index (χ3v) is 2.54. The van der Waals surface area contributed by atoms with Crippen LogP contribution in [0.25, 0.3) is 0 Å². The number of hydrogen-bond acceptors (Lipinski definition) is 5. The SMILES string of the molecule is CSc1ncc(Br)c(C(N)C#N)n1. The first-order chi connectivity index (χ1) is 6.19. The average Bonchev–Trinajstić information content (AvgIpc) is 2.17. The molecule has 13 heavy (non-hydrogen) atoms. The third-order valence-electron chi connectivity index (χ3n) is 1.37. The molecule has 0 saturated heterocycles. The average molecular weight is 259 g/mol. The second-order valence-corrected chi connectivity index (χ2v) is 3.82. The summed E-state index contributed by atoms with van der Waals surface area (Å²) in [5.41, 5.74) is 6.06. The molecular formula is C7H7BrN4S. The van der Waals surface area contributed by atoms with E-state index in [0.717, 1.165) is 0 Å². The van der Waals surface area contributed by atoms with E-state index in [4.69, 9.17) is 11.0 Å². The fourth-order valence-electron chi connectivity index (χ4n) is 0.741. The van der Waals surface area contributed by atoms with Gasteiger partial charge in [-0.3, -0.25) is 0 Å². The summed E-state index contributed by atoms with van der Waals surface area (Å²) in [5.74, 6) is 0. The lowest BCUT2D eigenvalue weighted by Crippen LogP contribution is -2.11. The molecule has 68 valence electrons. The molecule has 4 nitrogen and oxygen atoms in total. The highest BCUT2D eigenvalue weighted by Crippen LogP contribution is 2.21. The second kappa shape index (κ2) is 4.56. The molecule has 1 unspecified atom stereocenters. The Morgan fingerprint density at radius 1 is 1.77 bits per heavy atom. The summed E-state index contributed by atoms with van der Waals surface area (Å²) in [7, 11) is 0. The smallest absolute Gasteiger partial charge is 0.187 e. The Hall–Kier alpha value is -0.640. The maximum Gasteiger partial charge on any atom is 0.187 e. The number of aromatic nitrogens is 2. The van der Waals surface area contributed by atoms with Crippen molar-refractivity contribution in [3.05, 3.63) is 16.4 Å². The highest BCUT2D eigenvalue weighted by atomic mass is 79.9. The van der Waals surface area contributed by atoms with Gasteiger partial charge in [-0.2, -0.15) is 5.26 Å². The molecule has 0 aromatic carbocycles. The number of rotatable bonds is 2. The van der Waals surface area contributed by atoms with Crippen LogP contribution in [0.1, 0.15) is 11.7 Å². The van der Waals surface area contributed by atoms with Gasteiger partial charge < -0.3 is 5.73 Å². The summed E-state index contributed by atoms with van der Waals surface area (Å²) in [4.78, 5) is 8.13. The number of thioether (sulfide) groups is 1. The molecule has 1 rings (SSSR count). The van der Waals surface area contributed by atoms with Crippen LogP contribution in [0.4, 0.5) is 0 Å². The van der Waals surface area contributed by atoms with Crippen LogP contribution >= 0.6 is 27.7 Å². The summed E-state index contributed by atoms with van der Waals surface area (Å²) < 4.78 is 0.666. The van der Waals surface area contributed by atoms with Crippen LogP contribution in [-0.2, 0) is 0 Å². The molecule has 0 aliphatic heterocycles. The van der Waals surface area contributed by atoms with Gasteiger partial charge in [0.05, 0.1) is 16.2 Å². The van der Waals surface area contributed by atoms with E-state index in [9.17, 15) is 0 Å². The summed E-state index contributed by atoms with van der Waals surface area (Å²) in [6.45, 7) is 0.